The SMILES string of the molecule is CC(C)CNc1ccc(NC(=O)c2ccccc2F)cn1. The highest BCUT2D eigenvalue weighted by Crippen LogP contribution is 2.13. The number of halogens is 1. The summed E-state index contributed by atoms with van der Waals surface area (Å²) in [6.45, 7) is 5.04. The summed E-state index contributed by atoms with van der Waals surface area (Å²) in [5, 5.41) is 5.80. The summed E-state index contributed by atoms with van der Waals surface area (Å²) in [6.07, 6.45) is 1.54. The minimum absolute atomic E-state index is 0.0134. The Morgan fingerprint density at radius 3 is 2.62 bits per heavy atom. The Morgan fingerprint density at radius 1 is 1.24 bits per heavy atom. The number of anilines is 2. The molecule has 1 aromatic carbocycles. The summed E-state index contributed by atoms with van der Waals surface area (Å²) in [7, 11) is 0. The predicted octanol–water partition coefficient (Wildman–Crippen LogP) is 3.54. The standard InChI is InChI=1S/C16H18FN3O/c1-11(2)9-18-15-8-7-12(10-19-15)20-16(21)13-5-3-4-6-14(13)17/h3-8,10-11H,9H2,1-2H3,(H,18,19)(H,20,21). The van der Waals surface area contributed by atoms with Gasteiger partial charge in [-0.15, -0.1) is 0 Å². The molecule has 21 heavy (non-hydrogen) atoms. The zero-order valence-electron chi connectivity index (χ0n) is 12.1. The van der Waals surface area contributed by atoms with E-state index in [9.17, 15) is 9.18 Å². The maximum atomic E-state index is 13.5. The first-order chi connectivity index (χ1) is 10.1. The number of nitrogens with one attached hydrogen (secondary N) is 2. The van der Waals surface area contributed by atoms with E-state index in [1.54, 1.807) is 30.5 Å². The lowest BCUT2D eigenvalue weighted by Crippen LogP contribution is -2.14. The van der Waals surface area contributed by atoms with E-state index >= 15 is 0 Å². The molecule has 0 saturated heterocycles. The van der Waals surface area contributed by atoms with Crippen LogP contribution in [0, 0.1) is 11.7 Å². The van der Waals surface area contributed by atoms with Crippen LogP contribution < -0.4 is 10.6 Å². The summed E-state index contributed by atoms with van der Waals surface area (Å²) in [4.78, 5) is 16.1. The predicted molar refractivity (Wildman–Crippen MR) is 81.9 cm³/mol. The fourth-order valence-electron chi connectivity index (χ4n) is 1.72. The fraction of sp³-hybridized carbons (Fsp3) is 0.250. The van der Waals surface area contributed by atoms with Crippen LogP contribution in [0.2, 0.25) is 0 Å². The Bertz CT molecular complexity index is 611. The number of rotatable bonds is 5. The van der Waals surface area contributed by atoms with E-state index in [2.05, 4.69) is 29.5 Å². The second-order valence-corrected chi connectivity index (χ2v) is 5.14. The summed E-state index contributed by atoms with van der Waals surface area (Å²) in [5.74, 6) is 0.232. The molecule has 1 amide bonds. The van der Waals surface area contributed by atoms with E-state index in [0.29, 0.717) is 11.6 Å². The fourth-order valence-corrected chi connectivity index (χ4v) is 1.72. The molecule has 2 rings (SSSR count). The van der Waals surface area contributed by atoms with Gasteiger partial charge in [-0.1, -0.05) is 26.0 Å². The normalized spacial score (nSPS) is 10.5. The molecule has 2 N–H and O–H groups in total. The molecule has 0 fully saturated rings. The third kappa shape index (κ3) is 4.27. The zero-order chi connectivity index (χ0) is 15.2. The van der Waals surface area contributed by atoms with Crippen LogP contribution in [0.1, 0.15) is 24.2 Å². The number of hydrogen-bond donors (Lipinski definition) is 2. The lowest BCUT2D eigenvalue weighted by molar-refractivity contribution is 0.102. The second-order valence-electron chi connectivity index (χ2n) is 5.14. The van der Waals surface area contributed by atoms with E-state index in [1.165, 1.54) is 12.1 Å². The van der Waals surface area contributed by atoms with E-state index in [0.717, 1.165) is 12.4 Å². The van der Waals surface area contributed by atoms with Gasteiger partial charge in [-0.2, -0.15) is 0 Å². The minimum atomic E-state index is -0.543. The summed E-state index contributed by atoms with van der Waals surface area (Å²) < 4.78 is 13.5. The number of hydrogen-bond acceptors (Lipinski definition) is 3. The highest BCUT2D eigenvalue weighted by Gasteiger charge is 2.10. The van der Waals surface area contributed by atoms with Gasteiger partial charge in [0, 0.05) is 6.54 Å². The largest absolute Gasteiger partial charge is 0.370 e. The van der Waals surface area contributed by atoms with Crippen molar-refractivity contribution in [2.45, 2.75) is 13.8 Å². The van der Waals surface area contributed by atoms with Gasteiger partial charge in [0.1, 0.15) is 11.6 Å². The summed E-state index contributed by atoms with van der Waals surface area (Å²) in [6, 6.07) is 9.37. The Labute approximate surface area is 123 Å². The quantitative estimate of drug-likeness (QED) is 0.884. The third-order valence-corrected chi connectivity index (χ3v) is 2.83. The number of amides is 1. The molecular formula is C16H18FN3O. The van der Waals surface area contributed by atoms with Crippen molar-refractivity contribution in [3.63, 3.8) is 0 Å². The molecule has 0 unspecified atom stereocenters. The van der Waals surface area contributed by atoms with E-state index in [4.69, 9.17) is 0 Å². The van der Waals surface area contributed by atoms with Crippen LogP contribution in [-0.4, -0.2) is 17.4 Å². The number of nitrogens with zero attached hydrogens (tertiary/aromatic N) is 1. The number of carbonyl (C=O) groups excluding carboxylic acids is 1. The van der Waals surface area contributed by atoms with Gasteiger partial charge in [0.25, 0.3) is 5.91 Å². The highest BCUT2D eigenvalue weighted by molar-refractivity contribution is 6.04. The van der Waals surface area contributed by atoms with Crippen molar-refractivity contribution in [2.24, 2.45) is 5.92 Å². The molecule has 2 aromatic rings. The zero-order valence-corrected chi connectivity index (χ0v) is 12.1. The van der Waals surface area contributed by atoms with Crippen molar-refractivity contribution >= 4 is 17.4 Å². The van der Waals surface area contributed by atoms with Crippen molar-refractivity contribution in [3.8, 4) is 0 Å². The van der Waals surface area contributed by atoms with E-state index < -0.39 is 11.7 Å². The van der Waals surface area contributed by atoms with E-state index in [-0.39, 0.29) is 5.56 Å². The molecule has 0 radical (unpaired) electrons. The Hall–Kier alpha value is -2.43. The van der Waals surface area contributed by atoms with Crippen molar-refractivity contribution in [1.29, 1.82) is 0 Å². The van der Waals surface area contributed by atoms with Gasteiger partial charge in [0.2, 0.25) is 0 Å². The smallest absolute Gasteiger partial charge is 0.258 e. The lowest BCUT2D eigenvalue weighted by Gasteiger charge is -2.09. The van der Waals surface area contributed by atoms with Crippen LogP contribution in [0.4, 0.5) is 15.9 Å². The molecule has 0 spiro atoms. The first-order valence-electron chi connectivity index (χ1n) is 6.82. The first kappa shape index (κ1) is 15.0. The molecule has 110 valence electrons. The first-order valence-corrected chi connectivity index (χ1v) is 6.82. The molecule has 1 aromatic heterocycles. The summed E-state index contributed by atoms with van der Waals surface area (Å²) in [5.41, 5.74) is 0.540. The van der Waals surface area contributed by atoms with Crippen molar-refractivity contribution < 1.29 is 9.18 Å². The van der Waals surface area contributed by atoms with Gasteiger partial charge in [0.15, 0.2) is 0 Å². The van der Waals surface area contributed by atoms with Crippen LogP contribution in [0.25, 0.3) is 0 Å². The van der Waals surface area contributed by atoms with Crippen LogP contribution in [0.15, 0.2) is 42.6 Å². The highest BCUT2D eigenvalue weighted by atomic mass is 19.1. The molecule has 4 nitrogen and oxygen atoms in total. The maximum Gasteiger partial charge on any atom is 0.258 e. The molecular weight excluding hydrogens is 269 g/mol. The summed E-state index contributed by atoms with van der Waals surface area (Å²) >= 11 is 0. The van der Waals surface area contributed by atoms with Crippen LogP contribution in [0.5, 0.6) is 0 Å². The maximum absolute atomic E-state index is 13.5. The average molecular weight is 287 g/mol. The van der Waals surface area contributed by atoms with Crippen molar-refractivity contribution in [3.05, 3.63) is 54.0 Å². The number of aromatic nitrogens is 1. The third-order valence-electron chi connectivity index (χ3n) is 2.83. The van der Waals surface area contributed by atoms with Crippen LogP contribution >= 0.6 is 0 Å². The molecule has 0 atom stereocenters. The lowest BCUT2D eigenvalue weighted by atomic mass is 10.2. The monoisotopic (exact) mass is 287 g/mol. The van der Waals surface area contributed by atoms with Crippen LogP contribution in [0.3, 0.4) is 0 Å². The van der Waals surface area contributed by atoms with E-state index in [1.807, 2.05) is 0 Å². The molecule has 0 aliphatic heterocycles. The molecule has 0 aliphatic rings. The number of benzene rings is 1. The van der Waals surface area contributed by atoms with Crippen molar-refractivity contribution in [1.82, 2.24) is 4.98 Å². The van der Waals surface area contributed by atoms with Gasteiger partial charge in [-0.3, -0.25) is 4.79 Å². The minimum Gasteiger partial charge on any atom is -0.370 e. The molecule has 5 heteroatoms. The van der Waals surface area contributed by atoms with Gasteiger partial charge >= 0.3 is 0 Å². The van der Waals surface area contributed by atoms with Gasteiger partial charge < -0.3 is 10.6 Å². The average Bonchev–Trinajstić information content (AvgIpc) is 2.47. The van der Waals surface area contributed by atoms with Gasteiger partial charge in [0.05, 0.1) is 17.4 Å². The Balaban J connectivity index is 2.00. The second kappa shape index (κ2) is 6.83. The Morgan fingerprint density at radius 2 is 2.00 bits per heavy atom. The number of carbonyl (C=O) groups is 1. The molecule has 0 bridgehead atoms. The van der Waals surface area contributed by atoms with Gasteiger partial charge in [-0.25, -0.2) is 9.37 Å². The molecule has 1 heterocycles. The van der Waals surface area contributed by atoms with Crippen LogP contribution in [-0.2, 0) is 0 Å². The topological polar surface area (TPSA) is 54.0 Å². The Kier molecular flexibility index (Phi) is 4.87. The number of pyridine rings is 1. The molecule has 0 aliphatic carbocycles. The van der Waals surface area contributed by atoms with Gasteiger partial charge in [-0.05, 0) is 30.2 Å². The van der Waals surface area contributed by atoms with Crippen molar-refractivity contribution in [2.75, 3.05) is 17.2 Å². The molecule has 0 saturated carbocycles.